The molecular weight excluding hydrogens is 238 g/mol. The van der Waals surface area contributed by atoms with Crippen LogP contribution in [0.15, 0.2) is 23.2 Å². The molecule has 0 amide bonds. The third-order valence-electron chi connectivity index (χ3n) is 4.21. The van der Waals surface area contributed by atoms with Crippen LogP contribution in [0, 0.1) is 18.8 Å². The molecule has 3 rings (SSSR count). The molecule has 2 unspecified atom stereocenters. The molecule has 2 atom stereocenters. The molecule has 1 aromatic rings. The maximum absolute atomic E-state index is 12.0. The number of hydrogen-bond acceptors (Lipinski definition) is 3. The molecule has 0 N–H and O–H groups in total. The SMILES string of the molecule is Cc1cccc2c1N=CC(C1CCC(=O)CC1=O)C2. The van der Waals surface area contributed by atoms with Crippen LogP contribution >= 0.6 is 0 Å². The molecule has 1 fully saturated rings. The lowest BCUT2D eigenvalue weighted by molar-refractivity contribution is -0.133. The van der Waals surface area contributed by atoms with Gasteiger partial charge in [0.15, 0.2) is 0 Å². The number of nitrogens with zero attached hydrogens (tertiary/aromatic N) is 1. The lowest BCUT2D eigenvalue weighted by atomic mass is 9.75. The number of aryl methyl sites for hydroxylation is 1. The molecular formula is C16H17NO2. The Morgan fingerprint density at radius 2 is 2.11 bits per heavy atom. The molecule has 0 spiro atoms. The zero-order valence-electron chi connectivity index (χ0n) is 11.1. The molecule has 0 bridgehead atoms. The van der Waals surface area contributed by atoms with E-state index in [2.05, 4.69) is 24.0 Å². The number of hydrogen-bond donors (Lipinski definition) is 0. The van der Waals surface area contributed by atoms with E-state index in [-0.39, 0.29) is 29.8 Å². The van der Waals surface area contributed by atoms with Crippen molar-refractivity contribution >= 4 is 23.5 Å². The smallest absolute Gasteiger partial charge is 0.143 e. The molecule has 1 aliphatic carbocycles. The van der Waals surface area contributed by atoms with E-state index >= 15 is 0 Å². The molecule has 1 aliphatic heterocycles. The van der Waals surface area contributed by atoms with Crippen molar-refractivity contribution in [1.82, 2.24) is 0 Å². The van der Waals surface area contributed by atoms with Crippen LogP contribution < -0.4 is 0 Å². The summed E-state index contributed by atoms with van der Waals surface area (Å²) in [5, 5.41) is 0. The lowest BCUT2D eigenvalue weighted by Crippen LogP contribution is -2.33. The van der Waals surface area contributed by atoms with Gasteiger partial charge in [0.1, 0.15) is 11.6 Å². The van der Waals surface area contributed by atoms with Gasteiger partial charge in [-0.15, -0.1) is 0 Å². The van der Waals surface area contributed by atoms with Crippen molar-refractivity contribution in [3.05, 3.63) is 29.3 Å². The van der Waals surface area contributed by atoms with E-state index in [4.69, 9.17) is 0 Å². The third-order valence-corrected chi connectivity index (χ3v) is 4.21. The highest BCUT2D eigenvalue weighted by atomic mass is 16.1. The number of fused-ring (bicyclic) bond motifs is 1. The van der Waals surface area contributed by atoms with E-state index in [1.807, 2.05) is 12.3 Å². The zero-order valence-corrected chi connectivity index (χ0v) is 11.1. The van der Waals surface area contributed by atoms with E-state index in [1.54, 1.807) is 0 Å². The Morgan fingerprint density at radius 1 is 1.26 bits per heavy atom. The topological polar surface area (TPSA) is 46.5 Å². The van der Waals surface area contributed by atoms with Gasteiger partial charge in [0.2, 0.25) is 0 Å². The van der Waals surface area contributed by atoms with Crippen LogP contribution in [0.1, 0.15) is 30.4 Å². The summed E-state index contributed by atoms with van der Waals surface area (Å²) in [5.41, 5.74) is 3.45. The summed E-state index contributed by atoms with van der Waals surface area (Å²) in [6.45, 7) is 2.06. The van der Waals surface area contributed by atoms with Crippen molar-refractivity contribution in [3.8, 4) is 0 Å². The summed E-state index contributed by atoms with van der Waals surface area (Å²) >= 11 is 0. The zero-order chi connectivity index (χ0) is 13.4. The summed E-state index contributed by atoms with van der Waals surface area (Å²) in [6.07, 6.45) is 4.14. The molecule has 0 aromatic heterocycles. The monoisotopic (exact) mass is 255 g/mol. The quantitative estimate of drug-likeness (QED) is 0.724. The highest BCUT2D eigenvalue weighted by Crippen LogP contribution is 2.35. The average molecular weight is 255 g/mol. The average Bonchev–Trinajstić information content (AvgIpc) is 2.38. The van der Waals surface area contributed by atoms with Crippen LogP contribution in [0.4, 0.5) is 5.69 Å². The van der Waals surface area contributed by atoms with Crippen LogP contribution in [-0.4, -0.2) is 17.8 Å². The number of ketones is 2. The minimum Gasteiger partial charge on any atom is -0.299 e. The maximum atomic E-state index is 12.0. The number of rotatable bonds is 1. The number of para-hydroxylation sites is 1. The van der Waals surface area contributed by atoms with Crippen molar-refractivity contribution in [2.45, 2.75) is 32.6 Å². The summed E-state index contributed by atoms with van der Waals surface area (Å²) in [5.74, 6) is 0.332. The fourth-order valence-electron chi connectivity index (χ4n) is 3.14. The summed E-state index contributed by atoms with van der Waals surface area (Å²) in [4.78, 5) is 27.8. The maximum Gasteiger partial charge on any atom is 0.143 e. The molecule has 1 aromatic carbocycles. The largest absolute Gasteiger partial charge is 0.299 e. The van der Waals surface area contributed by atoms with Gasteiger partial charge in [0.05, 0.1) is 12.1 Å². The van der Waals surface area contributed by atoms with E-state index in [0.717, 1.165) is 12.1 Å². The van der Waals surface area contributed by atoms with Crippen LogP contribution in [0.2, 0.25) is 0 Å². The first-order valence-electron chi connectivity index (χ1n) is 6.82. The Labute approximate surface area is 112 Å². The Kier molecular flexibility index (Phi) is 3.05. The van der Waals surface area contributed by atoms with E-state index in [1.165, 1.54) is 11.1 Å². The predicted molar refractivity (Wildman–Crippen MR) is 73.9 cm³/mol. The van der Waals surface area contributed by atoms with Crippen molar-refractivity contribution in [2.75, 3.05) is 0 Å². The first kappa shape index (κ1) is 12.3. The van der Waals surface area contributed by atoms with Crippen molar-refractivity contribution < 1.29 is 9.59 Å². The third kappa shape index (κ3) is 2.25. The summed E-state index contributed by atoms with van der Waals surface area (Å²) < 4.78 is 0. The lowest BCUT2D eigenvalue weighted by Gasteiger charge is -2.28. The molecule has 2 aliphatic rings. The van der Waals surface area contributed by atoms with Gasteiger partial charge in [-0.3, -0.25) is 14.6 Å². The van der Waals surface area contributed by atoms with Crippen LogP contribution in [0.5, 0.6) is 0 Å². The van der Waals surface area contributed by atoms with Crippen molar-refractivity contribution in [3.63, 3.8) is 0 Å². The van der Waals surface area contributed by atoms with Gasteiger partial charge in [0, 0.05) is 24.5 Å². The fourth-order valence-corrected chi connectivity index (χ4v) is 3.14. The molecule has 1 saturated carbocycles. The van der Waals surface area contributed by atoms with Gasteiger partial charge in [-0.2, -0.15) is 0 Å². The van der Waals surface area contributed by atoms with Gasteiger partial charge in [-0.1, -0.05) is 18.2 Å². The second kappa shape index (κ2) is 4.72. The minimum atomic E-state index is -0.0184. The highest BCUT2D eigenvalue weighted by Gasteiger charge is 2.34. The highest BCUT2D eigenvalue weighted by molar-refractivity contribution is 6.03. The molecule has 3 heteroatoms. The number of Topliss-reactive ketones (excluding diaryl/α,β-unsaturated/α-hetero) is 2. The Balaban J connectivity index is 1.83. The second-order valence-electron chi connectivity index (χ2n) is 5.56. The van der Waals surface area contributed by atoms with Crippen LogP contribution in [0.3, 0.4) is 0 Å². The Morgan fingerprint density at radius 3 is 2.89 bits per heavy atom. The molecule has 0 saturated heterocycles. The van der Waals surface area contributed by atoms with E-state index < -0.39 is 0 Å². The van der Waals surface area contributed by atoms with Gasteiger partial charge < -0.3 is 0 Å². The van der Waals surface area contributed by atoms with Crippen LogP contribution in [-0.2, 0) is 16.0 Å². The van der Waals surface area contributed by atoms with Gasteiger partial charge in [-0.05, 0) is 30.9 Å². The van der Waals surface area contributed by atoms with Crippen LogP contribution in [0.25, 0.3) is 0 Å². The first-order chi connectivity index (χ1) is 9.15. The number of benzene rings is 1. The van der Waals surface area contributed by atoms with Crippen molar-refractivity contribution in [2.24, 2.45) is 16.8 Å². The molecule has 3 nitrogen and oxygen atoms in total. The Hall–Kier alpha value is -1.77. The fraction of sp³-hybridized carbons (Fsp3) is 0.438. The number of carbonyl (C=O) groups is 2. The van der Waals surface area contributed by atoms with Crippen molar-refractivity contribution in [1.29, 1.82) is 0 Å². The van der Waals surface area contributed by atoms with Gasteiger partial charge in [-0.25, -0.2) is 0 Å². The molecule has 1 heterocycles. The summed E-state index contributed by atoms with van der Waals surface area (Å²) in [6, 6.07) is 6.18. The molecule has 98 valence electrons. The normalized spacial score (nSPS) is 26.4. The number of aliphatic imine (C=N–C) groups is 1. The van der Waals surface area contributed by atoms with Gasteiger partial charge >= 0.3 is 0 Å². The minimum absolute atomic E-state index is 0.0184. The number of carbonyl (C=O) groups excluding carboxylic acids is 2. The predicted octanol–water partition coefficient (Wildman–Crippen LogP) is 2.81. The van der Waals surface area contributed by atoms with Gasteiger partial charge in [0.25, 0.3) is 0 Å². The summed E-state index contributed by atoms with van der Waals surface area (Å²) in [7, 11) is 0. The molecule has 0 radical (unpaired) electrons. The van der Waals surface area contributed by atoms with E-state index in [9.17, 15) is 9.59 Å². The Bertz CT molecular complexity index is 574. The van der Waals surface area contributed by atoms with E-state index in [0.29, 0.717) is 12.8 Å². The standard InChI is InChI=1S/C16H17NO2/c1-10-3-2-4-11-7-12(9-17-16(10)11)14-6-5-13(18)8-15(14)19/h2-4,9,12,14H,5-8H2,1H3. The first-order valence-corrected chi connectivity index (χ1v) is 6.82. The molecule has 19 heavy (non-hydrogen) atoms. The second-order valence-corrected chi connectivity index (χ2v) is 5.56.